The van der Waals surface area contributed by atoms with Crippen molar-refractivity contribution in [2.75, 3.05) is 13.7 Å². The summed E-state index contributed by atoms with van der Waals surface area (Å²) in [5, 5.41) is 14.6. The lowest BCUT2D eigenvalue weighted by molar-refractivity contribution is -0.137. The summed E-state index contributed by atoms with van der Waals surface area (Å²) in [6, 6.07) is 13.4. The Balaban J connectivity index is 1.67. The van der Waals surface area contributed by atoms with Crippen molar-refractivity contribution in [3.05, 3.63) is 65.2 Å². The Hall–Kier alpha value is -3.43. The van der Waals surface area contributed by atoms with Gasteiger partial charge >= 0.3 is 0 Å². The fourth-order valence-electron chi connectivity index (χ4n) is 5.66. The third-order valence-electron chi connectivity index (χ3n) is 8.76. The van der Waals surface area contributed by atoms with Crippen molar-refractivity contribution in [3.8, 4) is 5.75 Å². The molecule has 3 atom stereocenters. The molecule has 9 heteroatoms. The minimum atomic E-state index is -1.40. The van der Waals surface area contributed by atoms with Crippen LogP contribution in [0.25, 0.3) is 0 Å². The Bertz CT molecular complexity index is 1280. The number of fused-ring (bicyclic) bond motifs is 1. The first-order valence-electron chi connectivity index (χ1n) is 14.0. The molecule has 2 unspecified atom stereocenters. The average molecular weight is 551 g/mol. The smallest absolute Gasteiger partial charge is 0.251 e. The predicted octanol–water partition coefficient (Wildman–Crippen LogP) is 4.26. The Morgan fingerprint density at radius 2 is 1.90 bits per heavy atom. The summed E-state index contributed by atoms with van der Waals surface area (Å²) in [5.41, 5.74) is 5.43. The molecule has 0 bridgehead atoms. The highest BCUT2D eigenvalue weighted by Gasteiger charge is 2.53. The first-order chi connectivity index (χ1) is 18.9. The standard InChI is InChI=1S/C31H42N4O5/c1-7-31(8-2)19-25(36)35(28(32)34-31)23(16-17-39-6)20-12-11-13-21(18-20)27(37)33-26-22-14-9-10-15-24(22)40-29(3,4)30(26,5)38/h9-15,18,23,26,38H,7-8,16-17,19H2,1-6H3,(H2,32,34)(H,33,37)/t23?,26-,30?/m1/s1. The van der Waals surface area contributed by atoms with Gasteiger partial charge in [0.2, 0.25) is 5.91 Å². The van der Waals surface area contributed by atoms with Gasteiger partial charge in [-0.2, -0.15) is 0 Å². The van der Waals surface area contributed by atoms with Crippen LogP contribution in [-0.4, -0.2) is 58.2 Å². The van der Waals surface area contributed by atoms with E-state index in [1.807, 2.05) is 44.2 Å². The summed E-state index contributed by atoms with van der Waals surface area (Å²) in [5.74, 6) is 0.358. The van der Waals surface area contributed by atoms with E-state index in [2.05, 4.69) is 5.32 Å². The molecule has 0 saturated carbocycles. The Labute approximate surface area is 236 Å². The van der Waals surface area contributed by atoms with E-state index >= 15 is 0 Å². The molecule has 9 nitrogen and oxygen atoms in total. The van der Waals surface area contributed by atoms with Gasteiger partial charge in [-0.25, -0.2) is 4.99 Å². The van der Waals surface area contributed by atoms with Crippen LogP contribution in [0.2, 0.25) is 0 Å². The third kappa shape index (κ3) is 5.32. The molecule has 216 valence electrons. The molecule has 2 heterocycles. The van der Waals surface area contributed by atoms with Crippen molar-refractivity contribution in [1.29, 1.82) is 0 Å². The number of aliphatic hydroxyl groups is 1. The number of hydrogen-bond acceptors (Lipinski definition) is 7. The van der Waals surface area contributed by atoms with Gasteiger partial charge in [-0.15, -0.1) is 0 Å². The lowest BCUT2D eigenvalue weighted by atomic mass is 9.75. The number of carbonyl (C=O) groups excluding carboxylic acids is 2. The molecule has 2 amide bonds. The third-order valence-corrected chi connectivity index (χ3v) is 8.76. The number of rotatable bonds is 9. The van der Waals surface area contributed by atoms with Crippen LogP contribution >= 0.6 is 0 Å². The summed E-state index contributed by atoms with van der Waals surface area (Å²) < 4.78 is 11.4. The lowest BCUT2D eigenvalue weighted by Gasteiger charge is -2.49. The molecule has 2 aliphatic rings. The van der Waals surface area contributed by atoms with Crippen LogP contribution in [-0.2, 0) is 9.53 Å². The van der Waals surface area contributed by atoms with E-state index in [4.69, 9.17) is 20.2 Å². The van der Waals surface area contributed by atoms with Gasteiger partial charge in [-0.1, -0.05) is 44.2 Å². The van der Waals surface area contributed by atoms with Crippen LogP contribution in [0.15, 0.2) is 53.5 Å². The quantitative estimate of drug-likeness (QED) is 0.428. The van der Waals surface area contributed by atoms with Gasteiger partial charge in [0.25, 0.3) is 5.91 Å². The van der Waals surface area contributed by atoms with E-state index in [9.17, 15) is 14.7 Å². The number of hydrogen-bond donors (Lipinski definition) is 3. The molecular weight excluding hydrogens is 508 g/mol. The first kappa shape index (κ1) is 29.6. The number of nitrogens with zero attached hydrogens (tertiary/aromatic N) is 2. The van der Waals surface area contributed by atoms with Gasteiger partial charge < -0.3 is 25.6 Å². The van der Waals surface area contributed by atoms with Gasteiger partial charge in [0.15, 0.2) is 5.96 Å². The second-order valence-corrected chi connectivity index (χ2v) is 11.5. The summed E-state index contributed by atoms with van der Waals surface area (Å²) >= 11 is 0. The minimum absolute atomic E-state index is 0.0933. The molecule has 0 fully saturated rings. The number of amides is 2. The number of guanidine groups is 1. The SMILES string of the molecule is CCC1(CC)CC(=O)N(C(CCOC)c2cccc(C(=O)N[C@@H]3c4ccccc4OC(C)(C)C3(C)O)c2)C(N)=N1. The van der Waals surface area contributed by atoms with E-state index < -0.39 is 28.8 Å². The number of nitrogens with one attached hydrogen (secondary N) is 1. The minimum Gasteiger partial charge on any atom is -0.484 e. The number of carbonyl (C=O) groups is 2. The maximum Gasteiger partial charge on any atom is 0.251 e. The van der Waals surface area contributed by atoms with Gasteiger partial charge in [0.1, 0.15) is 17.0 Å². The van der Waals surface area contributed by atoms with E-state index in [0.717, 1.165) is 18.4 Å². The molecule has 2 aromatic rings. The maximum absolute atomic E-state index is 13.7. The molecule has 0 aliphatic carbocycles. The topological polar surface area (TPSA) is 126 Å². The summed E-state index contributed by atoms with van der Waals surface area (Å²) in [6.45, 7) is 9.70. The highest BCUT2D eigenvalue weighted by Crippen LogP contribution is 2.46. The maximum atomic E-state index is 13.7. The first-order valence-corrected chi connectivity index (χ1v) is 14.0. The van der Waals surface area contributed by atoms with E-state index in [0.29, 0.717) is 29.9 Å². The fourth-order valence-corrected chi connectivity index (χ4v) is 5.66. The molecule has 0 radical (unpaired) electrons. The second-order valence-electron chi connectivity index (χ2n) is 11.5. The zero-order chi connectivity index (χ0) is 29.3. The van der Waals surface area contributed by atoms with E-state index in [1.165, 1.54) is 0 Å². The number of para-hydroxylation sites is 1. The van der Waals surface area contributed by atoms with E-state index in [-0.39, 0.29) is 24.2 Å². The monoisotopic (exact) mass is 550 g/mol. The zero-order valence-corrected chi connectivity index (χ0v) is 24.4. The Morgan fingerprint density at radius 3 is 2.55 bits per heavy atom. The van der Waals surface area contributed by atoms with Crippen molar-refractivity contribution in [2.45, 2.75) is 89.1 Å². The number of aliphatic imine (C=N–C) groups is 1. The number of methoxy groups -OCH3 is 1. The largest absolute Gasteiger partial charge is 0.484 e. The highest BCUT2D eigenvalue weighted by molar-refractivity contribution is 6.00. The van der Waals surface area contributed by atoms with Crippen LogP contribution in [0.5, 0.6) is 5.75 Å². The van der Waals surface area contributed by atoms with Crippen LogP contribution < -0.4 is 15.8 Å². The normalized spacial score (nSPS) is 24.0. The Kier molecular flexibility index (Phi) is 8.28. The van der Waals surface area contributed by atoms with Crippen LogP contribution in [0, 0.1) is 0 Å². The number of benzene rings is 2. The second kappa shape index (κ2) is 11.2. The number of ether oxygens (including phenoxy) is 2. The van der Waals surface area contributed by atoms with Gasteiger partial charge in [-0.3, -0.25) is 14.5 Å². The highest BCUT2D eigenvalue weighted by atomic mass is 16.5. The van der Waals surface area contributed by atoms with Crippen LogP contribution in [0.4, 0.5) is 0 Å². The molecule has 40 heavy (non-hydrogen) atoms. The fraction of sp³-hybridized carbons (Fsp3) is 0.516. The molecular formula is C31H42N4O5. The zero-order valence-electron chi connectivity index (χ0n) is 24.4. The molecule has 0 spiro atoms. The van der Waals surface area contributed by atoms with Gasteiger partial charge in [0, 0.05) is 24.8 Å². The van der Waals surface area contributed by atoms with Crippen LogP contribution in [0.3, 0.4) is 0 Å². The molecule has 4 rings (SSSR count). The molecule has 0 aromatic heterocycles. The molecule has 2 aromatic carbocycles. The van der Waals surface area contributed by atoms with Crippen molar-refractivity contribution < 1.29 is 24.2 Å². The number of nitrogens with two attached hydrogens (primary N) is 1. The predicted molar refractivity (Wildman–Crippen MR) is 154 cm³/mol. The Morgan fingerprint density at radius 1 is 1.20 bits per heavy atom. The summed E-state index contributed by atoms with van der Waals surface area (Å²) in [4.78, 5) is 33.4. The van der Waals surface area contributed by atoms with Crippen molar-refractivity contribution in [2.24, 2.45) is 10.7 Å². The van der Waals surface area contributed by atoms with Crippen molar-refractivity contribution in [3.63, 3.8) is 0 Å². The molecule has 4 N–H and O–H groups in total. The van der Waals surface area contributed by atoms with Crippen LogP contribution in [0.1, 0.15) is 93.9 Å². The van der Waals surface area contributed by atoms with Gasteiger partial charge in [0.05, 0.1) is 24.0 Å². The van der Waals surface area contributed by atoms with Crippen molar-refractivity contribution >= 4 is 17.8 Å². The average Bonchev–Trinajstić information content (AvgIpc) is 2.92. The molecule has 2 aliphatic heterocycles. The lowest BCUT2D eigenvalue weighted by Crippen LogP contribution is -2.62. The van der Waals surface area contributed by atoms with Crippen molar-refractivity contribution in [1.82, 2.24) is 10.2 Å². The van der Waals surface area contributed by atoms with E-state index in [1.54, 1.807) is 51.0 Å². The summed E-state index contributed by atoms with van der Waals surface area (Å²) in [7, 11) is 1.61. The molecule has 0 saturated heterocycles. The summed E-state index contributed by atoms with van der Waals surface area (Å²) in [6.07, 6.45) is 2.19. The van der Waals surface area contributed by atoms with Gasteiger partial charge in [-0.05, 0) is 63.8 Å².